The van der Waals surface area contributed by atoms with Gasteiger partial charge in [0.2, 0.25) is 59.1 Å². The Labute approximate surface area is 648 Å². The minimum atomic E-state index is -1.44. The molecule has 0 aliphatic heterocycles. The number of carbonyl (C=O) groups is 14. The number of amides is 12. The van der Waals surface area contributed by atoms with E-state index in [1.807, 2.05) is 60.7 Å². The van der Waals surface area contributed by atoms with Crippen LogP contribution in [0.2, 0.25) is 0 Å². The van der Waals surface area contributed by atoms with Crippen LogP contribution in [0.1, 0.15) is 240 Å². The van der Waals surface area contributed by atoms with E-state index in [0.717, 1.165) is 24.0 Å². The van der Waals surface area contributed by atoms with Crippen LogP contribution < -0.4 is 63.8 Å². The summed E-state index contributed by atoms with van der Waals surface area (Å²) < 4.78 is 21.6. The minimum absolute atomic E-state index is 0.137. The fraction of sp³-hybridized carbons (Fsp3) is 0.675. The number of benzene rings is 2. The molecule has 0 spiro atoms. The molecule has 8 atom stereocenters. The van der Waals surface area contributed by atoms with Crippen LogP contribution in [0.3, 0.4) is 0 Å². The molecule has 12 N–H and O–H groups in total. The van der Waals surface area contributed by atoms with E-state index in [1.54, 1.807) is 69.2 Å². The first-order chi connectivity index (χ1) is 50.5. The van der Waals surface area contributed by atoms with E-state index in [0.29, 0.717) is 64.2 Å². The zero-order valence-electron chi connectivity index (χ0n) is 68.6. The molecule has 0 aromatic heterocycles. The van der Waals surface area contributed by atoms with Gasteiger partial charge >= 0.3 is 24.1 Å². The molecule has 4 aliphatic rings. The molecule has 4 saturated carbocycles. The van der Waals surface area contributed by atoms with E-state index in [9.17, 15) is 67.1 Å². The van der Waals surface area contributed by atoms with Crippen LogP contribution in [-0.4, -0.2) is 163 Å². The van der Waals surface area contributed by atoms with Crippen molar-refractivity contribution in [2.45, 2.75) is 322 Å². The van der Waals surface area contributed by atoms with Gasteiger partial charge in [0.05, 0.1) is 23.7 Å². The molecule has 0 unspecified atom stereocenters. The number of hydrogen-bond acceptors (Lipinski definition) is 18. The summed E-state index contributed by atoms with van der Waals surface area (Å²) in [5.74, 6) is -8.46. The van der Waals surface area contributed by atoms with E-state index in [4.69, 9.17) is 18.9 Å². The van der Waals surface area contributed by atoms with Crippen molar-refractivity contribution in [3.05, 3.63) is 71.8 Å². The summed E-state index contributed by atoms with van der Waals surface area (Å²) in [7, 11) is 0. The zero-order chi connectivity index (χ0) is 83.1. The molecule has 30 heteroatoms. The predicted molar refractivity (Wildman–Crippen MR) is 410 cm³/mol. The van der Waals surface area contributed by atoms with Gasteiger partial charge in [-0.3, -0.25) is 57.5 Å². The van der Waals surface area contributed by atoms with Crippen molar-refractivity contribution in [2.24, 2.45) is 23.7 Å². The normalized spacial score (nSPS) is 20.4. The number of nitrogens with one attached hydrogen (secondary N) is 12. The highest BCUT2D eigenvalue weighted by molar-refractivity contribution is 6.00. The second-order valence-electron chi connectivity index (χ2n) is 35.7. The highest BCUT2D eigenvalue weighted by Crippen LogP contribution is 2.32. The predicted octanol–water partition coefficient (Wildman–Crippen LogP) is 6.57. The summed E-state index contributed by atoms with van der Waals surface area (Å²) in [6, 6.07) is 16.6. The molecule has 12 amide bonds. The summed E-state index contributed by atoms with van der Waals surface area (Å²) in [5.41, 5.74) is -11.1. The summed E-state index contributed by atoms with van der Waals surface area (Å²) in [5, 5.41) is 33.1. The van der Waals surface area contributed by atoms with E-state index in [2.05, 4.69) is 63.8 Å². The van der Waals surface area contributed by atoms with Crippen molar-refractivity contribution in [2.75, 3.05) is 0 Å². The summed E-state index contributed by atoms with van der Waals surface area (Å²) in [6.07, 6.45) is 5.44. The van der Waals surface area contributed by atoms with Gasteiger partial charge in [-0.2, -0.15) is 0 Å². The third-order valence-corrected chi connectivity index (χ3v) is 19.8. The van der Waals surface area contributed by atoms with Crippen molar-refractivity contribution < 1.29 is 86.1 Å². The fourth-order valence-corrected chi connectivity index (χ4v) is 12.9. The number of esters is 2. The third kappa shape index (κ3) is 27.0. The summed E-state index contributed by atoms with van der Waals surface area (Å²) in [4.78, 5) is 185. The maximum Gasteiger partial charge on any atom is 0.408 e. The average molecular weight is 1540 g/mol. The van der Waals surface area contributed by atoms with Gasteiger partial charge in [0, 0.05) is 24.2 Å². The van der Waals surface area contributed by atoms with Crippen LogP contribution in [0, 0.1) is 23.7 Å². The van der Waals surface area contributed by atoms with Crippen molar-refractivity contribution in [1.82, 2.24) is 63.8 Å². The van der Waals surface area contributed by atoms with Crippen molar-refractivity contribution in [1.29, 1.82) is 0 Å². The van der Waals surface area contributed by atoms with Gasteiger partial charge in [0.1, 0.15) is 68.7 Å². The number of ether oxygens (including phenoxy) is 4. The Hall–Kier alpha value is -9.38. The maximum atomic E-state index is 13.6. The van der Waals surface area contributed by atoms with Crippen LogP contribution in [0.5, 0.6) is 0 Å². The molecule has 2 aromatic carbocycles. The van der Waals surface area contributed by atoms with E-state index < -0.39 is 175 Å². The molecule has 0 bridgehead atoms. The fourth-order valence-electron chi connectivity index (χ4n) is 12.9. The Bertz CT molecular complexity index is 3430. The first kappa shape index (κ1) is 91.2. The smallest absolute Gasteiger partial charge is 0.408 e. The van der Waals surface area contributed by atoms with Gasteiger partial charge in [0.25, 0.3) is 0 Å². The Morgan fingerprint density at radius 2 is 0.500 bits per heavy atom. The molecule has 612 valence electrons. The standard InChI is InChI=1S/2C40H62N6O9/c2*1-36(2,3)55-35(53)46-40(10,11)34(52)45-37(4,5)31(49)41-27-21-15-19-25(27)29(47)43-39(8,9)33(51)44-38(6,7)32(50)42-28-22-16-20-26(28)30(48)54-23-24-17-13-12-14-18-24/h2*12-14,17-18,25-28H,15-16,19-23H2,1-11H3,(H,41,49)(H,42,50)(H,43,47)(H,44,51)(H,45,52)(H,46,53)/t2*25-,26-,27-,28-/m00/s1. The molecule has 0 heterocycles. The van der Waals surface area contributed by atoms with Gasteiger partial charge in [-0.1, -0.05) is 86.3 Å². The molecule has 0 saturated heterocycles. The molecule has 6 rings (SSSR count). The Morgan fingerprint density at radius 3 is 0.745 bits per heavy atom. The van der Waals surface area contributed by atoms with Gasteiger partial charge in [-0.25, -0.2) is 9.59 Å². The quantitative estimate of drug-likeness (QED) is 0.0316. The number of carbonyl (C=O) groups excluding carboxylic acids is 14. The highest BCUT2D eigenvalue weighted by atomic mass is 16.6. The lowest BCUT2D eigenvalue weighted by atomic mass is 9.95. The van der Waals surface area contributed by atoms with Crippen molar-refractivity contribution >= 4 is 83.2 Å². The Balaban J connectivity index is 0.000000394. The lowest BCUT2D eigenvalue weighted by Crippen LogP contribution is -2.65. The molecule has 2 aromatic rings. The number of hydrogen-bond donors (Lipinski definition) is 12. The Kier molecular flexibility index (Phi) is 30.4. The van der Waals surface area contributed by atoms with Gasteiger partial charge in [-0.05, 0) is 215 Å². The SMILES string of the molecule is CC(C)(C)OC(=O)NC(C)(C)C(=O)NC(C)(C)C(=O)N[C@H]1CCC[C@@H]1C(=O)NC(C)(C)C(=O)NC(C)(C)C(=O)N[C@H]1CCC[C@@H]1C(=O)OCc1ccccc1.CC(C)(C)OC(=O)NC(C)(C)C(=O)NC(C)(C)C(=O)N[C@H]1CCC[C@@H]1C(=O)NC(C)(C)C(=O)NC(C)(C)C(=O)N[C@H]1CCC[C@@H]1C(=O)OCc1ccccc1. The topological polar surface area (TPSA) is 420 Å². The monoisotopic (exact) mass is 1540 g/mol. The molecule has 110 heavy (non-hydrogen) atoms. The van der Waals surface area contributed by atoms with E-state index >= 15 is 0 Å². The van der Waals surface area contributed by atoms with Crippen LogP contribution >= 0.6 is 0 Å². The summed E-state index contributed by atoms with van der Waals surface area (Å²) in [6.45, 7) is 34.8. The molecule has 4 aliphatic carbocycles. The van der Waals surface area contributed by atoms with Crippen molar-refractivity contribution in [3.8, 4) is 0 Å². The lowest BCUT2D eigenvalue weighted by molar-refractivity contribution is -0.151. The second kappa shape index (κ2) is 36.6. The average Bonchev–Trinajstić information content (AvgIpc) is 1.49. The molecule has 0 radical (unpaired) electrons. The first-order valence-electron chi connectivity index (χ1n) is 38.1. The largest absolute Gasteiger partial charge is 0.461 e. The van der Waals surface area contributed by atoms with Crippen LogP contribution in [-0.2, 0) is 89.7 Å². The first-order valence-corrected chi connectivity index (χ1v) is 38.1. The van der Waals surface area contributed by atoms with E-state index in [-0.39, 0.29) is 25.2 Å². The van der Waals surface area contributed by atoms with Gasteiger partial charge < -0.3 is 82.7 Å². The van der Waals surface area contributed by atoms with Crippen LogP contribution in [0.25, 0.3) is 0 Å². The molecule has 30 nitrogen and oxygen atoms in total. The molecule has 4 fully saturated rings. The lowest BCUT2D eigenvalue weighted by Gasteiger charge is -2.35. The van der Waals surface area contributed by atoms with Crippen molar-refractivity contribution in [3.63, 3.8) is 0 Å². The highest BCUT2D eigenvalue weighted by Gasteiger charge is 2.48. The summed E-state index contributed by atoms with van der Waals surface area (Å²) >= 11 is 0. The molecular weight excluding hydrogens is 1420 g/mol. The Morgan fingerprint density at radius 1 is 0.282 bits per heavy atom. The second-order valence-corrected chi connectivity index (χ2v) is 35.7. The van der Waals surface area contributed by atoms with Gasteiger partial charge in [0.15, 0.2) is 0 Å². The van der Waals surface area contributed by atoms with E-state index in [1.165, 1.54) is 83.1 Å². The number of rotatable bonds is 28. The molecular formula is C80H124N12O18. The van der Waals surface area contributed by atoms with Crippen LogP contribution in [0.15, 0.2) is 60.7 Å². The van der Waals surface area contributed by atoms with Crippen LogP contribution in [0.4, 0.5) is 9.59 Å². The zero-order valence-corrected chi connectivity index (χ0v) is 68.6. The minimum Gasteiger partial charge on any atom is -0.461 e. The number of alkyl carbamates (subject to hydrolysis) is 2. The third-order valence-electron chi connectivity index (χ3n) is 19.8. The maximum absolute atomic E-state index is 13.6. The van der Waals surface area contributed by atoms with Gasteiger partial charge in [-0.15, -0.1) is 0 Å².